The van der Waals surface area contributed by atoms with Crippen molar-refractivity contribution in [3.63, 3.8) is 0 Å². The molecule has 0 aromatic carbocycles. The standard InChI is InChI=1S/C15H22N2O2.C9H12N2O2/c18-10-16-14-5-1-12(2-6-14)9-13-3-7-15(8-4-13)17-11-19;1-9(11-7-13)4-2-3-8(5-9)10-6-12/h12-15H,1-9H2;8H,2-5H2,1H3. The molecule has 0 radical (unpaired) electrons. The van der Waals surface area contributed by atoms with E-state index in [-0.39, 0.29) is 23.7 Å². The van der Waals surface area contributed by atoms with Gasteiger partial charge in [0.2, 0.25) is 24.3 Å². The summed E-state index contributed by atoms with van der Waals surface area (Å²) >= 11 is 0. The highest BCUT2D eigenvalue weighted by molar-refractivity contribution is 5.36. The van der Waals surface area contributed by atoms with Crippen LogP contribution in [0.1, 0.15) is 90.4 Å². The summed E-state index contributed by atoms with van der Waals surface area (Å²) in [4.78, 5) is 55.7. The second kappa shape index (κ2) is 13.8. The van der Waals surface area contributed by atoms with Crippen LogP contribution in [0.4, 0.5) is 0 Å². The molecule has 2 unspecified atom stereocenters. The Labute approximate surface area is 189 Å². The highest BCUT2D eigenvalue weighted by Gasteiger charge is 2.32. The number of nitrogens with zero attached hydrogens (tertiary/aromatic N) is 4. The van der Waals surface area contributed by atoms with Gasteiger partial charge >= 0.3 is 0 Å². The van der Waals surface area contributed by atoms with E-state index in [0.717, 1.165) is 56.8 Å². The summed E-state index contributed by atoms with van der Waals surface area (Å²) in [5.41, 5.74) is -0.370. The van der Waals surface area contributed by atoms with E-state index >= 15 is 0 Å². The average Bonchev–Trinajstić information content (AvgIpc) is 2.78. The minimum absolute atomic E-state index is 0.0200. The molecule has 2 atom stereocenters. The van der Waals surface area contributed by atoms with E-state index in [1.165, 1.54) is 32.1 Å². The van der Waals surface area contributed by atoms with Gasteiger partial charge in [0.25, 0.3) is 0 Å². The second-order valence-electron chi connectivity index (χ2n) is 9.70. The first kappa shape index (κ1) is 25.8. The zero-order valence-electron chi connectivity index (χ0n) is 19.0. The molecule has 32 heavy (non-hydrogen) atoms. The van der Waals surface area contributed by atoms with Crippen molar-refractivity contribution in [2.45, 2.75) is 114 Å². The number of rotatable bonds is 6. The first-order valence-electron chi connectivity index (χ1n) is 11.8. The Bertz CT molecular complexity index is 740. The fourth-order valence-electron chi connectivity index (χ4n) is 5.47. The molecule has 174 valence electrons. The molecule has 8 nitrogen and oxygen atoms in total. The molecule has 3 aliphatic rings. The molecule has 0 bridgehead atoms. The topological polar surface area (TPSA) is 118 Å². The van der Waals surface area contributed by atoms with Crippen molar-refractivity contribution in [3.8, 4) is 0 Å². The van der Waals surface area contributed by atoms with Gasteiger partial charge in [0.05, 0.1) is 23.7 Å². The molecule has 0 heterocycles. The lowest BCUT2D eigenvalue weighted by Gasteiger charge is -2.31. The Balaban J connectivity index is 0.000000244. The van der Waals surface area contributed by atoms with Gasteiger partial charge in [-0.05, 0) is 102 Å². The Hall–Kier alpha value is -2.48. The van der Waals surface area contributed by atoms with Crippen molar-refractivity contribution in [2.24, 2.45) is 31.8 Å². The maximum Gasteiger partial charge on any atom is 0.235 e. The lowest BCUT2D eigenvalue weighted by molar-refractivity contribution is 0.226. The quantitative estimate of drug-likeness (QED) is 0.444. The molecule has 0 saturated heterocycles. The highest BCUT2D eigenvalue weighted by atomic mass is 16.1. The summed E-state index contributed by atoms with van der Waals surface area (Å²) in [6.45, 7) is 1.89. The number of hydrogen-bond donors (Lipinski definition) is 0. The third kappa shape index (κ3) is 8.94. The van der Waals surface area contributed by atoms with Crippen molar-refractivity contribution in [3.05, 3.63) is 0 Å². The van der Waals surface area contributed by atoms with E-state index in [4.69, 9.17) is 0 Å². The largest absolute Gasteiger partial charge is 0.235 e. The van der Waals surface area contributed by atoms with Gasteiger partial charge in [-0.3, -0.25) is 0 Å². The van der Waals surface area contributed by atoms with Gasteiger partial charge in [0.1, 0.15) is 0 Å². The lowest BCUT2D eigenvalue weighted by Crippen LogP contribution is -2.32. The SMILES string of the molecule is CC1(N=C=O)CCCC(N=C=O)C1.O=C=NC1CCC(CC2CCC(N=C=O)CC2)CC1. The molecule has 3 saturated carbocycles. The highest BCUT2D eigenvalue weighted by Crippen LogP contribution is 2.36. The minimum Gasteiger partial charge on any atom is -0.211 e. The van der Waals surface area contributed by atoms with Crippen molar-refractivity contribution in [1.82, 2.24) is 0 Å². The number of isocyanates is 4. The molecule has 0 aliphatic heterocycles. The fraction of sp³-hybridized carbons (Fsp3) is 0.833. The molecule has 0 aromatic rings. The molecular formula is C24H34N4O4. The van der Waals surface area contributed by atoms with Crippen LogP contribution >= 0.6 is 0 Å². The van der Waals surface area contributed by atoms with E-state index in [1.807, 2.05) is 6.92 Å². The van der Waals surface area contributed by atoms with Crippen LogP contribution in [0, 0.1) is 11.8 Å². The van der Waals surface area contributed by atoms with Crippen LogP contribution in [0.2, 0.25) is 0 Å². The average molecular weight is 443 g/mol. The van der Waals surface area contributed by atoms with E-state index in [2.05, 4.69) is 20.0 Å². The van der Waals surface area contributed by atoms with E-state index in [0.29, 0.717) is 6.42 Å². The molecule has 8 heteroatoms. The lowest BCUT2D eigenvalue weighted by atomic mass is 9.76. The fourth-order valence-corrected chi connectivity index (χ4v) is 5.47. The van der Waals surface area contributed by atoms with Crippen LogP contribution in [0.5, 0.6) is 0 Å². The monoisotopic (exact) mass is 442 g/mol. The van der Waals surface area contributed by atoms with Gasteiger partial charge in [-0.2, -0.15) is 4.99 Å². The minimum atomic E-state index is -0.370. The molecular weight excluding hydrogens is 408 g/mol. The summed E-state index contributed by atoms with van der Waals surface area (Å²) in [6.07, 6.45) is 20.1. The van der Waals surface area contributed by atoms with Crippen molar-refractivity contribution in [1.29, 1.82) is 0 Å². The Kier molecular flexibility index (Phi) is 11.1. The summed E-state index contributed by atoms with van der Waals surface area (Å²) in [5, 5.41) is 0. The predicted octanol–water partition coefficient (Wildman–Crippen LogP) is 4.53. The number of hydrogen-bond acceptors (Lipinski definition) is 8. The maximum atomic E-state index is 10.2. The maximum absolute atomic E-state index is 10.2. The predicted molar refractivity (Wildman–Crippen MR) is 119 cm³/mol. The van der Waals surface area contributed by atoms with Crippen LogP contribution in [0.3, 0.4) is 0 Å². The van der Waals surface area contributed by atoms with Gasteiger partial charge in [-0.25, -0.2) is 34.2 Å². The van der Waals surface area contributed by atoms with Gasteiger partial charge in [0.15, 0.2) is 0 Å². The normalized spacial score (nSPS) is 34.1. The van der Waals surface area contributed by atoms with Crippen molar-refractivity contribution < 1.29 is 19.2 Å². The first-order valence-corrected chi connectivity index (χ1v) is 11.8. The molecule has 3 rings (SSSR count). The molecule has 0 N–H and O–H groups in total. The Morgan fingerprint density at radius 1 is 0.656 bits per heavy atom. The smallest absolute Gasteiger partial charge is 0.211 e. The summed E-state index contributed by atoms with van der Waals surface area (Å²) in [7, 11) is 0. The second-order valence-corrected chi connectivity index (χ2v) is 9.70. The zero-order valence-corrected chi connectivity index (χ0v) is 19.0. The third-order valence-corrected chi connectivity index (χ3v) is 7.25. The van der Waals surface area contributed by atoms with E-state index in [1.54, 1.807) is 24.3 Å². The molecule has 0 amide bonds. The summed E-state index contributed by atoms with van der Waals surface area (Å²) in [6, 6.07) is 0.436. The van der Waals surface area contributed by atoms with Crippen molar-refractivity contribution in [2.75, 3.05) is 0 Å². The summed E-state index contributed by atoms with van der Waals surface area (Å²) < 4.78 is 0. The van der Waals surface area contributed by atoms with Crippen LogP contribution in [0.25, 0.3) is 0 Å². The molecule has 0 spiro atoms. The zero-order chi connectivity index (χ0) is 23.2. The Morgan fingerprint density at radius 2 is 1.12 bits per heavy atom. The van der Waals surface area contributed by atoms with E-state index < -0.39 is 0 Å². The van der Waals surface area contributed by atoms with Gasteiger partial charge in [-0.15, -0.1) is 0 Å². The van der Waals surface area contributed by atoms with Gasteiger partial charge < -0.3 is 0 Å². The van der Waals surface area contributed by atoms with Gasteiger partial charge in [-0.1, -0.05) is 0 Å². The molecule has 3 fully saturated rings. The number of aliphatic imine (C=N–C) groups is 4. The van der Waals surface area contributed by atoms with E-state index in [9.17, 15) is 19.2 Å². The summed E-state index contributed by atoms with van der Waals surface area (Å²) in [5.74, 6) is 1.60. The third-order valence-electron chi connectivity index (χ3n) is 7.25. The molecule has 3 aliphatic carbocycles. The first-order chi connectivity index (χ1) is 15.5. The van der Waals surface area contributed by atoms with Crippen molar-refractivity contribution >= 4 is 24.3 Å². The van der Waals surface area contributed by atoms with Crippen LogP contribution in [0.15, 0.2) is 20.0 Å². The number of carbonyl (C=O) groups excluding carboxylic acids is 4. The van der Waals surface area contributed by atoms with Crippen LogP contribution < -0.4 is 0 Å². The molecule has 0 aromatic heterocycles. The van der Waals surface area contributed by atoms with Crippen LogP contribution in [-0.2, 0) is 19.2 Å². The van der Waals surface area contributed by atoms with Crippen LogP contribution in [-0.4, -0.2) is 48.0 Å². The van der Waals surface area contributed by atoms with Gasteiger partial charge in [0, 0.05) is 0 Å². The Morgan fingerprint density at radius 3 is 1.56 bits per heavy atom.